The van der Waals surface area contributed by atoms with Crippen LogP contribution in [-0.2, 0) is 6.54 Å². The summed E-state index contributed by atoms with van der Waals surface area (Å²) in [7, 11) is 0. The second kappa shape index (κ2) is 4.85. The maximum atomic E-state index is 11.8. The Bertz CT molecular complexity index is 674. The van der Waals surface area contributed by atoms with Gasteiger partial charge in [-0.15, -0.1) is 0 Å². The van der Waals surface area contributed by atoms with Gasteiger partial charge >= 0.3 is 0 Å². The van der Waals surface area contributed by atoms with E-state index in [1.165, 1.54) is 18.7 Å². The SMILES string of the molecule is O=C(NCc1nc2ccccc2[nH]1)c1cncnc1. The Morgan fingerprint density at radius 2 is 2.00 bits per heavy atom. The van der Waals surface area contributed by atoms with Gasteiger partial charge in [-0.1, -0.05) is 12.1 Å². The number of para-hydroxylation sites is 2. The van der Waals surface area contributed by atoms with E-state index in [0.717, 1.165) is 11.0 Å². The number of carbonyl (C=O) groups excluding carboxylic acids is 1. The van der Waals surface area contributed by atoms with Gasteiger partial charge in [0, 0.05) is 12.4 Å². The fourth-order valence-electron chi connectivity index (χ4n) is 1.77. The van der Waals surface area contributed by atoms with Crippen molar-refractivity contribution < 1.29 is 4.79 Å². The van der Waals surface area contributed by atoms with Crippen LogP contribution in [-0.4, -0.2) is 25.8 Å². The predicted molar refractivity (Wildman–Crippen MR) is 69.3 cm³/mol. The van der Waals surface area contributed by atoms with E-state index < -0.39 is 0 Å². The second-order valence-corrected chi connectivity index (χ2v) is 4.01. The van der Waals surface area contributed by atoms with Crippen LogP contribution in [0.15, 0.2) is 43.0 Å². The Labute approximate surface area is 108 Å². The molecular weight excluding hydrogens is 242 g/mol. The van der Waals surface area contributed by atoms with Gasteiger partial charge in [-0.2, -0.15) is 0 Å². The number of H-pyrrole nitrogens is 1. The molecule has 0 atom stereocenters. The van der Waals surface area contributed by atoms with Crippen LogP contribution in [0, 0.1) is 0 Å². The molecule has 0 unspecified atom stereocenters. The highest BCUT2D eigenvalue weighted by atomic mass is 16.1. The van der Waals surface area contributed by atoms with Crippen molar-refractivity contribution in [1.82, 2.24) is 25.3 Å². The number of nitrogens with zero attached hydrogens (tertiary/aromatic N) is 3. The smallest absolute Gasteiger partial charge is 0.254 e. The Balaban J connectivity index is 1.71. The summed E-state index contributed by atoms with van der Waals surface area (Å²) in [6.07, 6.45) is 4.33. The molecule has 2 heterocycles. The summed E-state index contributed by atoms with van der Waals surface area (Å²) in [6, 6.07) is 7.72. The fourth-order valence-corrected chi connectivity index (χ4v) is 1.77. The van der Waals surface area contributed by atoms with E-state index in [1.807, 2.05) is 24.3 Å². The van der Waals surface area contributed by atoms with E-state index in [-0.39, 0.29) is 5.91 Å². The zero-order chi connectivity index (χ0) is 13.1. The normalized spacial score (nSPS) is 10.5. The molecule has 1 amide bonds. The molecule has 19 heavy (non-hydrogen) atoms. The molecule has 0 radical (unpaired) electrons. The average molecular weight is 253 g/mol. The third-order valence-corrected chi connectivity index (χ3v) is 2.68. The van der Waals surface area contributed by atoms with Crippen molar-refractivity contribution in [2.45, 2.75) is 6.54 Å². The van der Waals surface area contributed by atoms with Crippen LogP contribution in [0.4, 0.5) is 0 Å². The monoisotopic (exact) mass is 253 g/mol. The van der Waals surface area contributed by atoms with Gasteiger partial charge in [0.1, 0.15) is 12.2 Å². The van der Waals surface area contributed by atoms with Crippen LogP contribution in [0.25, 0.3) is 11.0 Å². The largest absolute Gasteiger partial charge is 0.345 e. The summed E-state index contributed by atoms with van der Waals surface area (Å²) < 4.78 is 0. The summed E-state index contributed by atoms with van der Waals surface area (Å²) in [5.41, 5.74) is 2.27. The van der Waals surface area contributed by atoms with Crippen molar-refractivity contribution in [2.75, 3.05) is 0 Å². The summed E-state index contributed by atoms with van der Waals surface area (Å²) in [6.45, 7) is 0.336. The zero-order valence-corrected chi connectivity index (χ0v) is 10.00. The van der Waals surface area contributed by atoms with Crippen LogP contribution < -0.4 is 5.32 Å². The number of aromatic amines is 1. The summed E-state index contributed by atoms with van der Waals surface area (Å²) in [5, 5.41) is 2.76. The molecule has 94 valence electrons. The maximum Gasteiger partial charge on any atom is 0.254 e. The van der Waals surface area contributed by atoms with Gasteiger partial charge in [0.05, 0.1) is 23.1 Å². The van der Waals surface area contributed by atoms with Gasteiger partial charge in [0.25, 0.3) is 5.91 Å². The molecule has 0 aliphatic carbocycles. The van der Waals surface area contributed by atoms with Gasteiger partial charge in [0.2, 0.25) is 0 Å². The Morgan fingerprint density at radius 1 is 1.21 bits per heavy atom. The molecule has 3 aromatic rings. The van der Waals surface area contributed by atoms with Crippen molar-refractivity contribution in [3.8, 4) is 0 Å². The van der Waals surface area contributed by atoms with Gasteiger partial charge in [-0.3, -0.25) is 4.79 Å². The summed E-state index contributed by atoms with van der Waals surface area (Å²) in [5.74, 6) is 0.493. The van der Waals surface area contributed by atoms with Crippen molar-refractivity contribution in [1.29, 1.82) is 0 Å². The number of benzene rings is 1. The van der Waals surface area contributed by atoms with Crippen molar-refractivity contribution in [2.24, 2.45) is 0 Å². The van der Waals surface area contributed by atoms with Crippen LogP contribution in [0.3, 0.4) is 0 Å². The van der Waals surface area contributed by atoms with E-state index in [0.29, 0.717) is 17.9 Å². The zero-order valence-electron chi connectivity index (χ0n) is 10.00. The Hall–Kier alpha value is -2.76. The molecule has 0 saturated heterocycles. The van der Waals surface area contributed by atoms with Crippen molar-refractivity contribution >= 4 is 16.9 Å². The van der Waals surface area contributed by atoms with E-state index in [9.17, 15) is 4.79 Å². The third kappa shape index (κ3) is 2.42. The van der Waals surface area contributed by atoms with Gasteiger partial charge < -0.3 is 10.3 Å². The number of aromatic nitrogens is 4. The van der Waals surface area contributed by atoms with Gasteiger partial charge in [-0.05, 0) is 12.1 Å². The second-order valence-electron chi connectivity index (χ2n) is 4.01. The van der Waals surface area contributed by atoms with Crippen molar-refractivity contribution in [3.05, 3.63) is 54.4 Å². The highest BCUT2D eigenvalue weighted by Gasteiger charge is 2.07. The molecule has 2 N–H and O–H groups in total. The minimum absolute atomic E-state index is 0.221. The standard InChI is InChI=1S/C13H11N5O/c19-13(9-5-14-8-15-6-9)16-7-12-17-10-3-1-2-4-11(10)18-12/h1-6,8H,7H2,(H,16,19)(H,17,18). The van der Waals surface area contributed by atoms with Crippen LogP contribution >= 0.6 is 0 Å². The maximum absolute atomic E-state index is 11.8. The highest BCUT2D eigenvalue weighted by Crippen LogP contribution is 2.09. The lowest BCUT2D eigenvalue weighted by atomic mass is 10.3. The van der Waals surface area contributed by atoms with Crippen LogP contribution in [0.2, 0.25) is 0 Å². The quantitative estimate of drug-likeness (QED) is 0.736. The predicted octanol–water partition coefficient (Wildman–Crippen LogP) is 1.28. The first kappa shape index (κ1) is 11.3. The van der Waals surface area contributed by atoms with E-state index in [2.05, 4.69) is 25.3 Å². The van der Waals surface area contributed by atoms with E-state index >= 15 is 0 Å². The molecule has 0 fully saturated rings. The molecule has 3 rings (SSSR count). The number of hydrogen-bond donors (Lipinski definition) is 2. The number of fused-ring (bicyclic) bond motifs is 1. The summed E-state index contributed by atoms with van der Waals surface area (Å²) in [4.78, 5) is 26.9. The highest BCUT2D eigenvalue weighted by molar-refractivity contribution is 5.93. The lowest BCUT2D eigenvalue weighted by molar-refractivity contribution is 0.0949. The first-order valence-electron chi connectivity index (χ1n) is 5.80. The Kier molecular flexibility index (Phi) is 2.89. The molecule has 0 aliphatic heterocycles. The molecule has 1 aromatic carbocycles. The number of amides is 1. The number of imidazole rings is 1. The number of nitrogens with one attached hydrogen (secondary N) is 2. The number of hydrogen-bond acceptors (Lipinski definition) is 4. The molecule has 0 spiro atoms. The molecule has 2 aromatic heterocycles. The number of carbonyl (C=O) groups is 1. The molecule has 0 aliphatic rings. The minimum Gasteiger partial charge on any atom is -0.345 e. The van der Waals surface area contributed by atoms with Crippen LogP contribution in [0.1, 0.15) is 16.2 Å². The molecule has 6 nitrogen and oxygen atoms in total. The molecule has 0 saturated carbocycles. The first-order chi connectivity index (χ1) is 9.33. The van der Waals surface area contributed by atoms with Crippen molar-refractivity contribution in [3.63, 3.8) is 0 Å². The molecule has 0 bridgehead atoms. The minimum atomic E-state index is -0.221. The van der Waals surface area contributed by atoms with E-state index in [1.54, 1.807) is 0 Å². The lowest BCUT2D eigenvalue weighted by Gasteiger charge is -2.01. The topological polar surface area (TPSA) is 83.6 Å². The average Bonchev–Trinajstić information content (AvgIpc) is 2.88. The Morgan fingerprint density at radius 3 is 2.79 bits per heavy atom. The lowest BCUT2D eigenvalue weighted by Crippen LogP contribution is -2.23. The summed E-state index contributed by atoms with van der Waals surface area (Å²) >= 11 is 0. The first-order valence-corrected chi connectivity index (χ1v) is 5.80. The number of rotatable bonds is 3. The molecular formula is C13H11N5O. The van der Waals surface area contributed by atoms with Gasteiger partial charge in [0.15, 0.2) is 0 Å². The fraction of sp³-hybridized carbons (Fsp3) is 0.0769. The molecule has 6 heteroatoms. The third-order valence-electron chi connectivity index (χ3n) is 2.68. The van der Waals surface area contributed by atoms with E-state index in [4.69, 9.17) is 0 Å². The van der Waals surface area contributed by atoms with Crippen LogP contribution in [0.5, 0.6) is 0 Å². The van der Waals surface area contributed by atoms with Gasteiger partial charge in [-0.25, -0.2) is 15.0 Å².